The molecule has 0 spiro atoms. The van der Waals surface area contributed by atoms with E-state index in [2.05, 4.69) is 0 Å². The molecule has 0 radical (unpaired) electrons. The van der Waals surface area contributed by atoms with Crippen LogP contribution in [-0.2, 0) is 14.3 Å². The molecule has 1 heterocycles. The lowest BCUT2D eigenvalue weighted by Gasteiger charge is -2.18. The molecule has 0 aliphatic carbocycles. The van der Waals surface area contributed by atoms with Gasteiger partial charge in [0.1, 0.15) is 5.75 Å². The van der Waals surface area contributed by atoms with E-state index < -0.39 is 18.0 Å². The number of anilines is 1. The Morgan fingerprint density at radius 3 is 2.37 bits per heavy atom. The first-order chi connectivity index (χ1) is 13.0. The summed E-state index contributed by atoms with van der Waals surface area (Å²) in [5.41, 5.74) is 1.18. The zero-order chi connectivity index (χ0) is 19.4. The number of Topliss-reactive ketones (excluding diaryl/α,β-unsaturated/α-hetero) is 1. The number of nitrogens with zero attached hydrogens (tertiary/aromatic N) is 1. The van der Waals surface area contributed by atoms with Crippen LogP contribution in [0.1, 0.15) is 23.7 Å². The lowest BCUT2D eigenvalue weighted by molar-refractivity contribution is -0.151. The SMILES string of the molecule is COc1ccc(N2C[C@H](C(=O)O[C@H](C)C(=O)c3ccccc3)CC2=O)cc1. The quantitative estimate of drug-likeness (QED) is 0.580. The summed E-state index contributed by atoms with van der Waals surface area (Å²) in [4.78, 5) is 38.6. The first-order valence-corrected chi connectivity index (χ1v) is 8.73. The van der Waals surface area contributed by atoms with Gasteiger partial charge in [-0.15, -0.1) is 0 Å². The Bertz CT molecular complexity index is 831. The number of hydrogen-bond donors (Lipinski definition) is 0. The van der Waals surface area contributed by atoms with E-state index in [1.807, 2.05) is 6.07 Å². The highest BCUT2D eigenvalue weighted by molar-refractivity contribution is 6.02. The van der Waals surface area contributed by atoms with Gasteiger partial charge in [0.05, 0.1) is 13.0 Å². The summed E-state index contributed by atoms with van der Waals surface area (Å²) in [6.45, 7) is 1.78. The molecule has 0 bridgehead atoms. The zero-order valence-electron chi connectivity index (χ0n) is 15.3. The topological polar surface area (TPSA) is 72.9 Å². The summed E-state index contributed by atoms with van der Waals surface area (Å²) < 4.78 is 10.4. The summed E-state index contributed by atoms with van der Waals surface area (Å²) in [7, 11) is 1.57. The minimum absolute atomic E-state index is 0.0666. The van der Waals surface area contributed by atoms with Crippen LogP contribution in [0.4, 0.5) is 5.69 Å². The molecule has 1 fully saturated rings. The fourth-order valence-electron chi connectivity index (χ4n) is 3.04. The maximum Gasteiger partial charge on any atom is 0.312 e. The maximum absolute atomic E-state index is 12.4. The molecule has 1 aliphatic rings. The third-order valence-electron chi connectivity index (χ3n) is 4.56. The van der Waals surface area contributed by atoms with E-state index in [1.165, 1.54) is 0 Å². The molecule has 0 N–H and O–H groups in total. The van der Waals surface area contributed by atoms with Gasteiger partial charge in [-0.1, -0.05) is 30.3 Å². The number of hydrogen-bond acceptors (Lipinski definition) is 5. The number of methoxy groups -OCH3 is 1. The Morgan fingerprint density at radius 1 is 1.07 bits per heavy atom. The zero-order valence-corrected chi connectivity index (χ0v) is 15.3. The molecule has 0 unspecified atom stereocenters. The molecular weight excluding hydrogens is 346 g/mol. The molecule has 6 nitrogen and oxygen atoms in total. The molecule has 27 heavy (non-hydrogen) atoms. The van der Waals surface area contributed by atoms with Crippen molar-refractivity contribution in [2.75, 3.05) is 18.6 Å². The standard InChI is InChI=1S/C21H21NO5/c1-14(20(24)15-6-4-3-5-7-15)27-21(25)16-12-19(23)22(13-16)17-8-10-18(26-2)11-9-17/h3-11,14,16H,12-13H2,1-2H3/t14-,16-/m1/s1. The molecule has 2 aromatic rings. The highest BCUT2D eigenvalue weighted by atomic mass is 16.5. The van der Waals surface area contributed by atoms with Crippen LogP contribution in [0.25, 0.3) is 0 Å². The molecular formula is C21H21NO5. The Balaban J connectivity index is 1.62. The largest absolute Gasteiger partial charge is 0.497 e. The van der Waals surface area contributed by atoms with Crippen molar-refractivity contribution in [1.29, 1.82) is 0 Å². The van der Waals surface area contributed by atoms with Crippen LogP contribution in [0.5, 0.6) is 5.75 Å². The van der Waals surface area contributed by atoms with Gasteiger partial charge in [-0.2, -0.15) is 0 Å². The van der Waals surface area contributed by atoms with Crippen molar-refractivity contribution in [2.45, 2.75) is 19.4 Å². The number of carbonyl (C=O) groups excluding carboxylic acids is 3. The summed E-state index contributed by atoms with van der Waals surface area (Å²) in [6.07, 6.45) is -0.832. The number of ether oxygens (including phenoxy) is 2. The van der Waals surface area contributed by atoms with E-state index in [9.17, 15) is 14.4 Å². The van der Waals surface area contributed by atoms with E-state index in [0.717, 1.165) is 0 Å². The third-order valence-corrected chi connectivity index (χ3v) is 4.56. The highest BCUT2D eigenvalue weighted by Crippen LogP contribution is 2.27. The average molecular weight is 367 g/mol. The van der Waals surface area contributed by atoms with E-state index in [1.54, 1.807) is 67.5 Å². The maximum atomic E-state index is 12.4. The number of esters is 1. The van der Waals surface area contributed by atoms with Gasteiger partial charge in [-0.3, -0.25) is 14.4 Å². The van der Waals surface area contributed by atoms with Crippen molar-refractivity contribution in [3.8, 4) is 5.75 Å². The van der Waals surface area contributed by atoms with Crippen LogP contribution >= 0.6 is 0 Å². The number of benzene rings is 2. The first kappa shape index (κ1) is 18.6. The molecule has 2 aromatic carbocycles. The van der Waals surface area contributed by atoms with Gasteiger partial charge in [0, 0.05) is 24.2 Å². The lowest BCUT2D eigenvalue weighted by Crippen LogP contribution is -2.30. The predicted molar refractivity (Wildman–Crippen MR) is 99.8 cm³/mol. The normalized spacial score (nSPS) is 17.5. The monoisotopic (exact) mass is 367 g/mol. The van der Waals surface area contributed by atoms with E-state index in [0.29, 0.717) is 17.0 Å². The third kappa shape index (κ3) is 4.16. The molecule has 140 valence electrons. The number of amides is 1. The number of carbonyl (C=O) groups is 3. The van der Waals surface area contributed by atoms with Crippen molar-refractivity contribution in [1.82, 2.24) is 0 Å². The fraction of sp³-hybridized carbons (Fsp3) is 0.286. The molecule has 2 atom stereocenters. The van der Waals surface area contributed by atoms with Crippen LogP contribution in [0.3, 0.4) is 0 Å². The van der Waals surface area contributed by atoms with Gasteiger partial charge in [-0.25, -0.2) is 0 Å². The lowest BCUT2D eigenvalue weighted by atomic mass is 10.1. The second-order valence-electron chi connectivity index (χ2n) is 6.41. The highest BCUT2D eigenvalue weighted by Gasteiger charge is 2.37. The average Bonchev–Trinajstić information content (AvgIpc) is 3.10. The molecule has 0 saturated carbocycles. The van der Waals surface area contributed by atoms with Crippen LogP contribution in [0.15, 0.2) is 54.6 Å². The number of rotatable bonds is 6. The van der Waals surface area contributed by atoms with Crippen molar-refractivity contribution >= 4 is 23.3 Å². The Kier molecular flexibility index (Phi) is 5.54. The number of ketones is 1. The molecule has 1 saturated heterocycles. The second-order valence-corrected chi connectivity index (χ2v) is 6.41. The summed E-state index contributed by atoms with van der Waals surface area (Å²) >= 11 is 0. The van der Waals surface area contributed by atoms with Gasteiger partial charge in [0.25, 0.3) is 0 Å². The van der Waals surface area contributed by atoms with Crippen LogP contribution in [-0.4, -0.2) is 37.4 Å². The van der Waals surface area contributed by atoms with Gasteiger partial charge in [0.2, 0.25) is 11.7 Å². The summed E-state index contributed by atoms with van der Waals surface area (Å²) in [5, 5.41) is 0. The van der Waals surface area contributed by atoms with E-state index in [-0.39, 0.29) is 24.7 Å². The van der Waals surface area contributed by atoms with Crippen molar-refractivity contribution in [3.05, 3.63) is 60.2 Å². The minimum Gasteiger partial charge on any atom is -0.497 e. The van der Waals surface area contributed by atoms with Gasteiger partial charge < -0.3 is 14.4 Å². The predicted octanol–water partition coefficient (Wildman–Crippen LogP) is 2.86. The van der Waals surface area contributed by atoms with Gasteiger partial charge in [-0.05, 0) is 31.2 Å². The van der Waals surface area contributed by atoms with Gasteiger partial charge in [0.15, 0.2) is 6.10 Å². The summed E-state index contributed by atoms with van der Waals surface area (Å²) in [6, 6.07) is 15.7. The van der Waals surface area contributed by atoms with Crippen LogP contribution in [0.2, 0.25) is 0 Å². The molecule has 6 heteroatoms. The van der Waals surface area contributed by atoms with Crippen molar-refractivity contribution < 1.29 is 23.9 Å². The Hall–Kier alpha value is -3.15. The van der Waals surface area contributed by atoms with Crippen molar-refractivity contribution in [2.24, 2.45) is 5.92 Å². The molecule has 0 aromatic heterocycles. The molecule has 3 rings (SSSR count). The Labute approximate surface area is 157 Å². The summed E-state index contributed by atoms with van der Waals surface area (Å²) in [5.74, 6) is -0.846. The second kappa shape index (κ2) is 8.03. The van der Waals surface area contributed by atoms with Gasteiger partial charge >= 0.3 is 5.97 Å². The van der Waals surface area contributed by atoms with Crippen LogP contribution < -0.4 is 9.64 Å². The fourth-order valence-corrected chi connectivity index (χ4v) is 3.04. The smallest absolute Gasteiger partial charge is 0.312 e. The van der Waals surface area contributed by atoms with E-state index in [4.69, 9.17) is 9.47 Å². The minimum atomic E-state index is -0.898. The van der Waals surface area contributed by atoms with E-state index >= 15 is 0 Å². The molecule has 1 amide bonds. The Morgan fingerprint density at radius 2 is 1.74 bits per heavy atom. The van der Waals surface area contributed by atoms with Crippen LogP contribution in [0, 0.1) is 5.92 Å². The van der Waals surface area contributed by atoms with Crippen molar-refractivity contribution in [3.63, 3.8) is 0 Å². The first-order valence-electron chi connectivity index (χ1n) is 8.73. The molecule has 1 aliphatic heterocycles.